The fourth-order valence-electron chi connectivity index (χ4n) is 0.921. The minimum absolute atomic E-state index is 0.0325. The fourth-order valence-corrected chi connectivity index (χ4v) is 0.921. The highest BCUT2D eigenvalue weighted by atomic mass is 16.2. The van der Waals surface area contributed by atoms with Crippen molar-refractivity contribution in [3.05, 3.63) is 0 Å². The number of nitrogens with one attached hydrogen (secondary N) is 4. The normalized spacial score (nSPS) is 10.6. The number of likely N-dealkylation sites (N-methyl/N-ethyl adjacent to an activating group) is 1. The Balaban J connectivity index is 3.79. The average molecular weight is 244 g/mol. The monoisotopic (exact) mass is 244 g/mol. The van der Waals surface area contributed by atoms with Crippen LogP contribution in [0.1, 0.15) is 20.8 Å². The molecule has 0 saturated carbocycles. The van der Waals surface area contributed by atoms with Gasteiger partial charge in [0.1, 0.15) is 0 Å². The molecule has 0 aromatic rings. The Bertz CT molecular complexity index is 296. The molecule has 0 spiro atoms. The van der Waals surface area contributed by atoms with Crippen molar-refractivity contribution >= 4 is 17.8 Å². The Morgan fingerprint density at radius 2 is 1.53 bits per heavy atom. The van der Waals surface area contributed by atoms with Gasteiger partial charge in [-0.25, -0.2) is 4.79 Å². The average Bonchev–Trinajstić information content (AvgIpc) is 2.13. The van der Waals surface area contributed by atoms with Gasteiger partial charge in [0.2, 0.25) is 11.8 Å². The van der Waals surface area contributed by atoms with Crippen LogP contribution in [0.5, 0.6) is 0 Å². The number of amides is 4. The van der Waals surface area contributed by atoms with E-state index in [1.165, 1.54) is 7.05 Å². The largest absolute Gasteiger partial charge is 0.358 e. The van der Waals surface area contributed by atoms with E-state index in [9.17, 15) is 14.4 Å². The molecule has 7 nitrogen and oxygen atoms in total. The van der Waals surface area contributed by atoms with Crippen LogP contribution in [-0.4, -0.2) is 43.5 Å². The number of hydrogen-bond acceptors (Lipinski definition) is 4. The highest BCUT2D eigenvalue weighted by Gasteiger charge is 2.15. The molecule has 17 heavy (non-hydrogen) atoms. The zero-order chi connectivity index (χ0) is 13.5. The summed E-state index contributed by atoms with van der Waals surface area (Å²) in [7, 11) is 1.50. The Hall–Kier alpha value is -1.63. The van der Waals surface area contributed by atoms with Gasteiger partial charge in [0.15, 0.2) is 0 Å². The van der Waals surface area contributed by atoms with Gasteiger partial charge in [-0.1, -0.05) is 0 Å². The van der Waals surface area contributed by atoms with Crippen molar-refractivity contribution in [1.82, 2.24) is 21.3 Å². The molecule has 0 radical (unpaired) electrons. The number of rotatable bonds is 4. The predicted octanol–water partition coefficient (Wildman–Crippen LogP) is -1.05. The fraction of sp³-hybridized carbons (Fsp3) is 0.700. The first kappa shape index (κ1) is 15.4. The second kappa shape index (κ2) is 6.85. The van der Waals surface area contributed by atoms with Crippen LogP contribution in [0.3, 0.4) is 0 Å². The molecule has 0 bridgehead atoms. The van der Waals surface area contributed by atoms with Crippen molar-refractivity contribution in [3.63, 3.8) is 0 Å². The zero-order valence-electron chi connectivity index (χ0n) is 10.6. The van der Waals surface area contributed by atoms with Crippen LogP contribution in [0.4, 0.5) is 4.79 Å². The maximum Gasteiger partial charge on any atom is 0.321 e. The summed E-state index contributed by atoms with van der Waals surface area (Å²) in [6.07, 6.45) is 0. The number of carbonyl (C=O) groups is 3. The van der Waals surface area contributed by atoms with Crippen LogP contribution in [0.15, 0.2) is 0 Å². The van der Waals surface area contributed by atoms with E-state index in [1.54, 1.807) is 20.8 Å². The third-order valence-electron chi connectivity index (χ3n) is 1.59. The van der Waals surface area contributed by atoms with Gasteiger partial charge in [0.25, 0.3) is 0 Å². The van der Waals surface area contributed by atoms with Crippen LogP contribution in [0, 0.1) is 0 Å². The summed E-state index contributed by atoms with van der Waals surface area (Å²) < 4.78 is 0. The van der Waals surface area contributed by atoms with Crippen LogP contribution in [0.25, 0.3) is 0 Å². The van der Waals surface area contributed by atoms with Gasteiger partial charge in [-0.15, -0.1) is 0 Å². The molecule has 0 heterocycles. The molecule has 0 rings (SSSR count). The Kier molecular flexibility index (Phi) is 6.19. The van der Waals surface area contributed by atoms with E-state index in [0.29, 0.717) is 0 Å². The molecule has 0 aromatic heterocycles. The van der Waals surface area contributed by atoms with Crippen LogP contribution in [-0.2, 0) is 9.59 Å². The van der Waals surface area contributed by atoms with Gasteiger partial charge in [0.05, 0.1) is 13.1 Å². The highest BCUT2D eigenvalue weighted by molar-refractivity contribution is 5.95. The molecule has 7 heteroatoms. The molecule has 0 aromatic carbocycles. The topological polar surface area (TPSA) is 99.3 Å². The SMILES string of the molecule is CNC(=O)CNCC(=O)NC(=O)NC(C)(C)C. The molecule has 4 N–H and O–H groups in total. The van der Waals surface area contributed by atoms with Crippen molar-refractivity contribution < 1.29 is 14.4 Å². The van der Waals surface area contributed by atoms with Crippen LogP contribution in [0.2, 0.25) is 0 Å². The summed E-state index contributed by atoms with van der Waals surface area (Å²) in [4.78, 5) is 33.3. The van der Waals surface area contributed by atoms with Gasteiger partial charge in [-0.2, -0.15) is 0 Å². The zero-order valence-corrected chi connectivity index (χ0v) is 10.6. The molecule has 0 fully saturated rings. The summed E-state index contributed by atoms with van der Waals surface area (Å²) in [6, 6.07) is -0.552. The van der Waals surface area contributed by atoms with Crippen LogP contribution < -0.4 is 21.3 Å². The number of carbonyl (C=O) groups excluding carboxylic acids is 3. The van der Waals surface area contributed by atoms with E-state index < -0.39 is 17.5 Å². The van der Waals surface area contributed by atoms with Gasteiger partial charge in [-0.05, 0) is 20.8 Å². The lowest BCUT2D eigenvalue weighted by Gasteiger charge is -2.20. The maximum atomic E-state index is 11.3. The Labute approximate surface area is 101 Å². The summed E-state index contributed by atoms with van der Waals surface area (Å²) >= 11 is 0. The standard InChI is InChI=1S/C10H20N4O3/c1-10(2,3)14-9(17)13-8(16)6-12-5-7(15)11-4/h12H,5-6H2,1-4H3,(H,11,15)(H2,13,14,16,17). The minimum atomic E-state index is -0.552. The smallest absolute Gasteiger partial charge is 0.321 e. The van der Waals surface area contributed by atoms with E-state index in [4.69, 9.17) is 0 Å². The lowest BCUT2D eigenvalue weighted by atomic mass is 10.1. The van der Waals surface area contributed by atoms with Gasteiger partial charge < -0.3 is 10.6 Å². The first-order chi connectivity index (χ1) is 7.74. The number of urea groups is 1. The quantitative estimate of drug-likeness (QED) is 0.507. The lowest BCUT2D eigenvalue weighted by molar-refractivity contribution is -0.120. The van der Waals surface area contributed by atoms with E-state index >= 15 is 0 Å². The van der Waals surface area contributed by atoms with E-state index in [-0.39, 0.29) is 19.0 Å². The first-order valence-corrected chi connectivity index (χ1v) is 5.28. The number of imide groups is 1. The molecule has 0 aliphatic rings. The molecule has 4 amide bonds. The molecular weight excluding hydrogens is 224 g/mol. The minimum Gasteiger partial charge on any atom is -0.358 e. The molecule has 0 aliphatic carbocycles. The van der Waals surface area contributed by atoms with Crippen molar-refractivity contribution in [3.8, 4) is 0 Å². The van der Waals surface area contributed by atoms with Crippen LogP contribution >= 0.6 is 0 Å². The predicted molar refractivity (Wildman–Crippen MR) is 63.4 cm³/mol. The maximum absolute atomic E-state index is 11.3. The third-order valence-corrected chi connectivity index (χ3v) is 1.59. The van der Waals surface area contributed by atoms with E-state index in [1.807, 2.05) is 0 Å². The summed E-state index contributed by atoms with van der Waals surface area (Å²) in [6.45, 7) is 5.36. The Morgan fingerprint density at radius 3 is 2.00 bits per heavy atom. The summed E-state index contributed by atoms with van der Waals surface area (Å²) in [5.74, 6) is -0.715. The summed E-state index contributed by atoms with van der Waals surface area (Å²) in [5, 5.41) is 9.73. The van der Waals surface area contributed by atoms with Gasteiger partial charge in [0, 0.05) is 12.6 Å². The molecule has 0 unspecified atom stereocenters. The lowest BCUT2D eigenvalue weighted by Crippen LogP contribution is -2.50. The van der Waals surface area contributed by atoms with Gasteiger partial charge in [-0.3, -0.25) is 20.2 Å². The van der Waals surface area contributed by atoms with Crippen molar-refractivity contribution in [2.45, 2.75) is 26.3 Å². The Morgan fingerprint density at radius 1 is 1.00 bits per heavy atom. The van der Waals surface area contributed by atoms with Crippen molar-refractivity contribution in [1.29, 1.82) is 0 Å². The van der Waals surface area contributed by atoms with Crippen molar-refractivity contribution in [2.24, 2.45) is 0 Å². The number of hydrogen-bond donors (Lipinski definition) is 4. The molecule has 0 aliphatic heterocycles. The third kappa shape index (κ3) is 9.31. The second-order valence-electron chi connectivity index (χ2n) is 4.53. The van der Waals surface area contributed by atoms with E-state index in [2.05, 4.69) is 21.3 Å². The summed E-state index contributed by atoms with van der Waals surface area (Å²) in [5.41, 5.74) is -0.403. The molecule has 0 atom stereocenters. The molecular formula is C10H20N4O3. The van der Waals surface area contributed by atoms with Gasteiger partial charge >= 0.3 is 6.03 Å². The molecule has 0 saturated heterocycles. The second-order valence-corrected chi connectivity index (χ2v) is 4.53. The highest BCUT2D eigenvalue weighted by Crippen LogP contribution is 1.96. The van der Waals surface area contributed by atoms with Crippen molar-refractivity contribution in [2.75, 3.05) is 20.1 Å². The van der Waals surface area contributed by atoms with E-state index in [0.717, 1.165) is 0 Å². The first-order valence-electron chi connectivity index (χ1n) is 5.28. The molecule has 98 valence electrons.